The Bertz CT molecular complexity index is 1380. The van der Waals surface area contributed by atoms with E-state index in [1.807, 2.05) is 13.8 Å². The summed E-state index contributed by atoms with van der Waals surface area (Å²) in [5, 5.41) is 13.4. The molecule has 1 atom stereocenters. The van der Waals surface area contributed by atoms with Crippen LogP contribution in [0.2, 0.25) is 0 Å². The number of ketones is 1. The zero-order valence-corrected chi connectivity index (χ0v) is 19.6. The van der Waals surface area contributed by atoms with E-state index in [-0.39, 0.29) is 28.3 Å². The fourth-order valence-electron chi connectivity index (χ4n) is 4.72. The first-order valence-corrected chi connectivity index (χ1v) is 12.0. The summed E-state index contributed by atoms with van der Waals surface area (Å²) < 4.78 is 14.0. The number of benzene rings is 2. The van der Waals surface area contributed by atoms with Crippen LogP contribution in [-0.2, 0) is 10.5 Å². The average Bonchev–Trinajstić information content (AvgIpc) is 2.77. The molecule has 6 nitrogen and oxygen atoms in total. The molecule has 0 amide bonds. The number of H-pyrrole nitrogens is 1. The lowest BCUT2D eigenvalue weighted by Crippen LogP contribution is -2.37. The third-order valence-corrected chi connectivity index (χ3v) is 7.17. The Balaban J connectivity index is 1.59. The number of hydrogen-bond donors (Lipinski definition) is 3. The molecule has 3 aromatic rings. The van der Waals surface area contributed by atoms with Crippen LogP contribution < -0.4 is 10.9 Å². The number of carbonyl (C=O) groups is 1. The predicted molar refractivity (Wildman–Crippen MR) is 129 cm³/mol. The molecule has 0 unspecified atom stereocenters. The van der Waals surface area contributed by atoms with Crippen molar-refractivity contribution in [3.63, 3.8) is 0 Å². The first-order valence-electron chi connectivity index (χ1n) is 11.0. The van der Waals surface area contributed by atoms with Crippen molar-refractivity contribution in [1.82, 2.24) is 9.97 Å². The fraction of sp³-hybridized carbons (Fsp3) is 0.269. The highest BCUT2D eigenvalue weighted by molar-refractivity contribution is 7.98. The van der Waals surface area contributed by atoms with Gasteiger partial charge in [-0.2, -0.15) is 0 Å². The van der Waals surface area contributed by atoms with Crippen LogP contribution in [0.4, 0.5) is 10.2 Å². The lowest BCUT2D eigenvalue weighted by Gasteiger charge is -2.38. The Morgan fingerprint density at radius 1 is 1.12 bits per heavy atom. The number of thioether (sulfide) groups is 1. The number of nitrogens with zero attached hydrogens (tertiary/aromatic N) is 1. The number of aromatic amines is 1. The lowest BCUT2D eigenvalue weighted by atomic mass is 9.69. The molecular formula is C26H24FN3O3S. The maximum atomic E-state index is 14.0. The van der Waals surface area contributed by atoms with Gasteiger partial charge in [-0.15, -0.1) is 0 Å². The smallest absolute Gasteiger partial charge is 0.257 e. The van der Waals surface area contributed by atoms with E-state index in [2.05, 4.69) is 15.3 Å². The molecule has 1 aromatic heterocycles. The highest BCUT2D eigenvalue weighted by atomic mass is 32.2. The van der Waals surface area contributed by atoms with Gasteiger partial charge in [0.2, 0.25) is 0 Å². The SMILES string of the molecule is CC1(C)CC(=O)C2=C(C1)Nc1nc(SCc3ccccc3F)[nH]c(=O)c1[C@@H]2c1ccc(O)cc1. The number of aromatic hydroxyl groups is 1. The molecule has 3 N–H and O–H groups in total. The maximum absolute atomic E-state index is 14.0. The van der Waals surface area contributed by atoms with E-state index in [4.69, 9.17) is 0 Å². The van der Waals surface area contributed by atoms with E-state index >= 15 is 0 Å². The van der Waals surface area contributed by atoms with Gasteiger partial charge in [-0.05, 0) is 41.2 Å². The molecule has 1 aliphatic carbocycles. The van der Waals surface area contributed by atoms with Crippen LogP contribution in [-0.4, -0.2) is 20.9 Å². The number of Topliss-reactive ketones (excluding diaryl/α,β-unsaturated/α-hetero) is 1. The number of aromatic nitrogens is 2. The molecule has 2 aliphatic rings. The van der Waals surface area contributed by atoms with Crippen LogP contribution in [0.3, 0.4) is 0 Å². The summed E-state index contributed by atoms with van der Waals surface area (Å²) in [6, 6.07) is 13.1. The van der Waals surface area contributed by atoms with Gasteiger partial charge < -0.3 is 15.4 Å². The number of rotatable bonds is 4. The van der Waals surface area contributed by atoms with Crippen molar-refractivity contribution < 1.29 is 14.3 Å². The largest absolute Gasteiger partial charge is 0.508 e. The number of hydrogen-bond acceptors (Lipinski definition) is 6. The van der Waals surface area contributed by atoms with Gasteiger partial charge in [0, 0.05) is 29.4 Å². The normalized spacial score (nSPS) is 18.8. The first kappa shape index (κ1) is 22.4. The molecule has 2 heterocycles. The second-order valence-electron chi connectivity index (χ2n) is 9.50. The van der Waals surface area contributed by atoms with Crippen LogP contribution >= 0.6 is 11.8 Å². The van der Waals surface area contributed by atoms with Crippen LogP contribution in [0.1, 0.15) is 49.3 Å². The molecule has 0 radical (unpaired) electrons. The molecule has 1 aliphatic heterocycles. The van der Waals surface area contributed by atoms with Crippen molar-refractivity contribution in [2.45, 2.75) is 43.5 Å². The average molecular weight is 478 g/mol. The van der Waals surface area contributed by atoms with Crippen LogP contribution in [0.5, 0.6) is 5.75 Å². The van der Waals surface area contributed by atoms with Crippen molar-refractivity contribution in [1.29, 1.82) is 0 Å². The summed E-state index contributed by atoms with van der Waals surface area (Å²) in [7, 11) is 0. The topological polar surface area (TPSA) is 95.1 Å². The number of anilines is 1. The standard InChI is InChI=1S/C26H24FN3O3S/c1-26(2)11-18-21(19(32)12-26)20(14-7-9-16(31)10-8-14)22-23(28-18)29-25(30-24(22)33)34-13-15-5-3-4-6-17(15)27/h3-10,20,31H,11-13H2,1-2H3,(H2,28,29,30,33)/t20-/m1/s1. The van der Waals surface area contributed by atoms with Gasteiger partial charge in [0.05, 0.1) is 5.56 Å². The summed E-state index contributed by atoms with van der Waals surface area (Å²) >= 11 is 1.24. The minimum absolute atomic E-state index is 0.000112. The van der Waals surface area contributed by atoms with Gasteiger partial charge in [-0.3, -0.25) is 9.59 Å². The zero-order valence-electron chi connectivity index (χ0n) is 18.8. The Morgan fingerprint density at radius 2 is 1.85 bits per heavy atom. The Hall–Kier alpha value is -3.39. The molecular weight excluding hydrogens is 453 g/mol. The van der Waals surface area contributed by atoms with Crippen LogP contribution in [0.25, 0.3) is 0 Å². The van der Waals surface area contributed by atoms with Gasteiger partial charge >= 0.3 is 0 Å². The summed E-state index contributed by atoms with van der Waals surface area (Å²) in [5.41, 5.74) is 2.41. The summed E-state index contributed by atoms with van der Waals surface area (Å²) in [5.74, 6) is -0.0667. The number of carbonyl (C=O) groups excluding carboxylic acids is 1. The van der Waals surface area contributed by atoms with E-state index < -0.39 is 5.92 Å². The second kappa shape index (κ2) is 8.43. The van der Waals surface area contributed by atoms with E-state index in [0.29, 0.717) is 46.3 Å². The Kier molecular flexibility index (Phi) is 5.56. The third-order valence-electron chi connectivity index (χ3n) is 6.25. The first-order chi connectivity index (χ1) is 16.2. The third kappa shape index (κ3) is 4.14. The van der Waals surface area contributed by atoms with Gasteiger partial charge in [-0.1, -0.05) is 55.9 Å². The van der Waals surface area contributed by atoms with Crippen LogP contribution in [0.15, 0.2) is 69.8 Å². The van der Waals surface area contributed by atoms with Gasteiger partial charge in [-0.25, -0.2) is 9.37 Å². The van der Waals surface area contributed by atoms with Crippen LogP contribution in [0, 0.1) is 11.2 Å². The van der Waals surface area contributed by atoms with E-state index in [9.17, 15) is 19.1 Å². The minimum Gasteiger partial charge on any atom is -0.508 e. The quantitative estimate of drug-likeness (QED) is 0.357. The molecule has 5 rings (SSSR count). The van der Waals surface area contributed by atoms with E-state index in [1.165, 1.54) is 17.8 Å². The Labute approximate surface area is 200 Å². The van der Waals surface area contributed by atoms with E-state index in [0.717, 1.165) is 11.3 Å². The van der Waals surface area contributed by atoms with Gasteiger partial charge in [0.15, 0.2) is 10.9 Å². The molecule has 0 saturated carbocycles. The van der Waals surface area contributed by atoms with Gasteiger partial charge in [0.1, 0.15) is 17.4 Å². The molecule has 34 heavy (non-hydrogen) atoms. The number of phenols is 1. The fourth-order valence-corrected chi connectivity index (χ4v) is 5.57. The maximum Gasteiger partial charge on any atom is 0.257 e. The second-order valence-corrected chi connectivity index (χ2v) is 10.5. The molecule has 174 valence electrons. The number of halogens is 1. The summed E-state index contributed by atoms with van der Waals surface area (Å²) in [6.45, 7) is 4.09. The molecule has 0 fully saturated rings. The minimum atomic E-state index is -0.586. The lowest BCUT2D eigenvalue weighted by molar-refractivity contribution is -0.118. The number of phenolic OH excluding ortho intramolecular Hbond substituents is 1. The van der Waals surface area contributed by atoms with Crippen molar-refractivity contribution in [3.05, 3.63) is 92.7 Å². The monoisotopic (exact) mass is 477 g/mol. The van der Waals surface area contributed by atoms with E-state index in [1.54, 1.807) is 42.5 Å². The van der Waals surface area contributed by atoms with Crippen molar-refractivity contribution in [3.8, 4) is 5.75 Å². The highest BCUT2D eigenvalue weighted by Crippen LogP contribution is 2.47. The number of fused-ring (bicyclic) bond motifs is 1. The van der Waals surface area contributed by atoms with Crippen molar-refractivity contribution in [2.75, 3.05) is 5.32 Å². The molecule has 0 bridgehead atoms. The summed E-state index contributed by atoms with van der Waals surface area (Å²) in [6.07, 6.45) is 1.04. The molecule has 0 saturated heterocycles. The van der Waals surface area contributed by atoms with Gasteiger partial charge in [0.25, 0.3) is 5.56 Å². The number of allylic oxidation sites excluding steroid dienone is 2. The number of nitrogens with one attached hydrogen (secondary N) is 2. The predicted octanol–water partition coefficient (Wildman–Crippen LogP) is 5.11. The van der Waals surface area contributed by atoms with Crippen molar-refractivity contribution >= 4 is 23.4 Å². The summed E-state index contributed by atoms with van der Waals surface area (Å²) in [4.78, 5) is 34.0. The zero-order chi connectivity index (χ0) is 24.0. The molecule has 0 spiro atoms. The molecule has 2 aromatic carbocycles. The molecule has 8 heteroatoms. The Morgan fingerprint density at radius 3 is 2.59 bits per heavy atom. The van der Waals surface area contributed by atoms with Crippen molar-refractivity contribution in [2.24, 2.45) is 5.41 Å². The highest BCUT2D eigenvalue weighted by Gasteiger charge is 2.42.